The first-order chi connectivity index (χ1) is 11.3. The summed E-state index contributed by atoms with van der Waals surface area (Å²) in [4.78, 5) is 45.0. The number of carbonyl (C=O) groups is 3. The minimum atomic E-state index is -1.32. The predicted octanol–water partition coefficient (Wildman–Crippen LogP) is 1.37. The molecular weight excluding hydrogens is 320 g/mol. The lowest BCUT2D eigenvalue weighted by Gasteiger charge is -2.18. The third-order valence-electron chi connectivity index (χ3n) is 3.20. The van der Waals surface area contributed by atoms with Crippen LogP contribution in [-0.4, -0.2) is 40.5 Å². The highest BCUT2D eigenvalue weighted by Crippen LogP contribution is 2.14. The molecule has 0 aliphatic rings. The normalized spacial score (nSPS) is 12.8. The van der Waals surface area contributed by atoms with Crippen LogP contribution in [0.3, 0.4) is 0 Å². The van der Waals surface area contributed by atoms with Gasteiger partial charge in [-0.1, -0.05) is 13.0 Å². The van der Waals surface area contributed by atoms with Crippen LogP contribution in [0.2, 0.25) is 0 Å². The molecule has 9 nitrogen and oxygen atoms in total. The zero-order valence-electron chi connectivity index (χ0n) is 13.2. The van der Waals surface area contributed by atoms with E-state index >= 15 is 0 Å². The van der Waals surface area contributed by atoms with E-state index in [1.54, 1.807) is 6.92 Å². The first kappa shape index (κ1) is 19.1. The Balaban J connectivity index is 2.83. The monoisotopic (exact) mass is 338 g/mol. The molecule has 1 aromatic carbocycles. The SMILES string of the molecule is CCOC(=O)[C@@H](C)C[C@H](NC(=O)c1cccc([N+](=O)[O-])c1)C(=O)O. The fourth-order valence-corrected chi connectivity index (χ4v) is 1.96. The van der Waals surface area contributed by atoms with Crippen LogP contribution in [-0.2, 0) is 14.3 Å². The third-order valence-corrected chi connectivity index (χ3v) is 3.20. The Morgan fingerprint density at radius 1 is 1.38 bits per heavy atom. The van der Waals surface area contributed by atoms with Gasteiger partial charge < -0.3 is 15.2 Å². The van der Waals surface area contributed by atoms with Crippen LogP contribution in [0.15, 0.2) is 24.3 Å². The van der Waals surface area contributed by atoms with E-state index < -0.39 is 34.7 Å². The number of rotatable bonds is 8. The number of esters is 1. The van der Waals surface area contributed by atoms with Crippen LogP contribution < -0.4 is 5.32 Å². The molecule has 0 saturated carbocycles. The van der Waals surface area contributed by atoms with Gasteiger partial charge in [0.15, 0.2) is 0 Å². The van der Waals surface area contributed by atoms with Gasteiger partial charge in [-0.3, -0.25) is 19.7 Å². The summed E-state index contributed by atoms with van der Waals surface area (Å²) in [5.74, 6) is -3.38. The molecule has 1 amide bonds. The maximum Gasteiger partial charge on any atom is 0.326 e. The van der Waals surface area contributed by atoms with Crippen molar-refractivity contribution in [3.63, 3.8) is 0 Å². The van der Waals surface area contributed by atoms with Crippen LogP contribution in [0.4, 0.5) is 5.69 Å². The summed E-state index contributed by atoms with van der Waals surface area (Å²) in [6.07, 6.45) is -0.158. The number of carboxylic acid groups (broad SMARTS) is 1. The summed E-state index contributed by atoms with van der Waals surface area (Å²) < 4.78 is 4.80. The summed E-state index contributed by atoms with van der Waals surface area (Å²) in [7, 11) is 0. The van der Waals surface area contributed by atoms with Crippen molar-refractivity contribution in [3.8, 4) is 0 Å². The van der Waals surface area contributed by atoms with Gasteiger partial charge in [0, 0.05) is 17.7 Å². The molecule has 0 fully saturated rings. The number of nitro groups is 1. The number of hydrogen-bond acceptors (Lipinski definition) is 6. The van der Waals surface area contributed by atoms with E-state index in [1.165, 1.54) is 25.1 Å². The molecule has 1 rings (SSSR count). The number of non-ortho nitro benzene ring substituents is 1. The number of nitrogens with zero attached hydrogens (tertiary/aromatic N) is 1. The Hall–Kier alpha value is -2.97. The van der Waals surface area contributed by atoms with Crippen molar-refractivity contribution in [2.45, 2.75) is 26.3 Å². The average Bonchev–Trinajstić information content (AvgIpc) is 2.54. The van der Waals surface area contributed by atoms with Gasteiger partial charge in [0.25, 0.3) is 11.6 Å². The number of hydrogen-bond donors (Lipinski definition) is 2. The van der Waals surface area contributed by atoms with Crippen molar-refractivity contribution in [1.29, 1.82) is 0 Å². The highest BCUT2D eigenvalue weighted by Gasteiger charge is 2.27. The van der Waals surface area contributed by atoms with Crippen LogP contribution in [0, 0.1) is 16.0 Å². The zero-order chi connectivity index (χ0) is 18.3. The topological polar surface area (TPSA) is 136 Å². The van der Waals surface area contributed by atoms with Gasteiger partial charge in [0.1, 0.15) is 6.04 Å². The van der Waals surface area contributed by atoms with Gasteiger partial charge in [-0.2, -0.15) is 0 Å². The van der Waals surface area contributed by atoms with Gasteiger partial charge in [0.2, 0.25) is 0 Å². The van der Waals surface area contributed by atoms with Crippen molar-refractivity contribution in [2.24, 2.45) is 5.92 Å². The number of carboxylic acids is 1. The fraction of sp³-hybridized carbons (Fsp3) is 0.400. The Labute approximate surface area is 137 Å². The largest absolute Gasteiger partial charge is 0.480 e. The van der Waals surface area contributed by atoms with E-state index in [1.807, 2.05) is 0 Å². The Kier molecular flexibility index (Phi) is 6.84. The van der Waals surface area contributed by atoms with Crippen molar-refractivity contribution in [1.82, 2.24) is 5.32 Å². The maximum absolute atomic E-state index is 12.1. The van der Waals surface area contributed by atoms with E-state index in [9.17, 15) is 29.6 Å². The number of amides is 1. The second kappa shape index (κ2) is 8.61. The quantitative estimate of drug-likeness (QED) is 0.415. The lowest BCUT2D eigenvalue weighted by molar-refractivity contribution is -0.384. The molecule has 0 unspecified atom stereocenters. The fourth-order valence-electron chi connectivity index (χ4n) is 1.96. The van der Waals surface area contributed by atoms with E-state index in [0.717, 1.165) is 6.07 Å². The van der Waals surface area contributed by atoms with E-state index in [4.69, 9.17) is 4.74 Å². The van der Waals surface area contributed by atoms with Crippen molar-refractivity contribution in [2.75, 3.05) is 6.61 Å². The lowest BCUT2D eigenvalue weighted by Crippen LogP contribution is -2.42. The number of benzene rings is 1. The third kappa shape index (κ3) is 5.34. The zero-order valence-corrected chi connectivity index (χ0v) is 13.2. The number of aliphatic carboxylic acids is 1. The van der Waals surface area contributed by atoms with Crippen molar-refractivity contribution in [3.05, 3.63) is 39.9 Å². The standard InChI is InChI=1S/C15H18N2O7/c1-3-24-15(21)9(2)7-12(14(19)20)16-13(18)10-5-4-6-11(8-10)17(22)23/h4-6,8-9,12H,3,7H2,1-2H3,(H,16,18)(H,19,20)/t9-,12-/m0/s1. The Bertz CT molecular complexity index is 644. The molecule has 0 bridgehead atoms. The van der Waals surface area contributed by atoms with Crippen LogP contribution in [0.5, 0.6) is 0 Å². The molecule has 130 valence electrons. The second-order valence-corrected chi connectivity index (χ2v) is 5.06. The van der Waals surface area contributed by atoms with Gasteiger partial charge in [-0.15, -0.1) is 0 Å². The first-order valence-electron chi connectivity index (χ1n) is 7.21. The number of nitrogens with one attached hydrogen (secondary N) is 1. The Morgan fingerprint density at radius 3 is 2.58 bits per heavy atom. The van der Waals surface area contributed by atoms with E-state index in [2.05, 4.69) is 5.32 Å². The minimum Gasteiger partial charge on any atom is -0.480 e. The second-order valence-electron chi connectivity index (χ2n) is 5.06. The molecule has 1 aromatic rings. The van der Waals surface area contributed by atoms with Gasteiger partial charge in [-0.05, 0) is 19.4 Å². The average molecular weight is 338 g/mol. The smallest absolute Gasteiger partial charge is 0.326 e. The lowest BCUT2D eigenvalue weighted by atomic mass is 10.0. The van der Waals surface area contributed by atoms with Crippen LogP contribution >= 0.6 is 0 Å². The number of carbonyl (C=O) groups excluding carboxylic acids is 2. The molecule has 0 aromatic heterocycles. The molecule has 0 aliphatic heterocycles. The van der Waals surface area contributed by atoms with Crippen LogP contribution in [0.1, 0.15) is 30.6 Å². The molecule has 24 heavy (non-hydrogen) atoms. The molecule has 2 N–H and O–H groups in total. The van der Waals surface area contributed by atoms with Crippen LogP contribution in [0.25, 0.3) is 0 Å². The van der Waals surface area contributed by atoms with E-state index in [-0.39, 0.29) is 24.3 Å². The summed E-state index contributed by atoms with van der Waals surface area (Å²) in [6, 6.07) is 3.59. The summed E-state index contributed by atoms with van der Waals surface area (Å²) in [5.41, 5.74) is -0.325. The molecule has 0 aliphatic carbocycles. The molecule has 0 heterocycles. The number of ether oxygens (including phenoxy) is 1. The molecule has 0 saturated heterocycles. The van der Waals surface area contributed by atoms with Gasteiger partial charge in [-0.25, -0.2) is 4.79 Å². The molecule has 0 radical (unpaired) electrons. The molecule has 2 atom stereocenters. The minimum absolute atomic E-state index is 0.0424. The Morgan fingerprint density at radius 2 is 2.04 bits per heavy atom. The van der Waals surface area contributed by atoms with Crippen molar-refractivity contribution < 1.29 is 29.2 Å². The van der Waals surface area contributed by atoms with Gasteiger partial charge in [0.05, 0.1) is 17.4 Å². The number of nitro benzene ring substituents is 1. The van der Waals surface area contributed by atoms with Crippen molar-refractivity contribution >= 4 is 23.5 Å². The van der Waals surface area contributed by atoms with Gasteiger partial charge >= 0.3 is 11.9 Å². The maximum atomic E-state index is 12.1. The molecular formula is C15H18N2O7. The first-order valence-corrected chi connectivity index (χ1v) is 7.21. The summed E-state index contributed by atoms with van der Waals surface area (Å²) in [5, 5.41) is 22.2. The molecule has 9 heteroatoms. The summed E-state index contributed by atoms with van der Waals surface area (Å²) in [6.45, 7) is 3.29. The highest BCUT2D eigenvalue weighted by molar-refractivity contribution is 5.97. The highest BCUT2D eigenvalue weighted by atomic mass is 16.6. The predicted molar refractivity (Wildman–Crippen MR) is 82.4 cm³/mol. The van der Waals surface area contributed by atoms with E-state index in [0.29, 0.717) is 0 Å². The molecule has 0 spiro atoms. The summed E-state index contributed by atoms with van der Waals surface area (Å²) >= 11 is 0.